The zero-order chi connectivity index (χ0) is 23.5. The first kappa shape index (κ1) is 22.0. The van der Waals surface area contributed by atoms with Gasteiger partial charge in [0, 0.05) is 22.1 Å². The third kappa shape index (κ3) is 4.62. The van der Waals surface area contributed by atoms with Gasteiger partial charge < -0.3 is 4.90 Å². The molecule has 0 aliphatic heterocycles. The minimum absolute atomic E-state index is 0.734. The van der Waals surface area contributed by atoms with E-state index in [1.807, 2.05) is 12.1 Å². The number of benzene rings is 5. The Morgan fingerprint density at radius 3 is 1.97 bits per heavy atom. The summed E-state index contributed by atoms with van der Waals surface area (Å²) in [7, 11) is 0. The smallest absolute Gasteiger partial charge is 0.0464 e. The van der Waals surface area contributed by atoms with Crippen molar-refractivity contribution in [2.45, 2.75) is 13.8 Å². The fourth-order valence-electron chi connectivity index (χ4n) is 4.22. The lowest BCUT2D eigenvalue weighted by Crippen LogP contribution is -2.10. The van der Waals surface area contributed by atoms with Gasteiger partial charge >= 0.3 is 0 Å². The summed E-state index contributed by atoms with van der Waals surface area (Å²) in [6.45, 7) is 4.29. The first-order valence-corrected chi connectivity index (χ1v) is 11.9. The van der Waals surface area contributed by atoms with Gasteiger partial charge in [0.2, 0.25) is 0 Å². The van der Waals surface area contributed by atoms with E-state index in [-0.39, 0.29) is 0 Å². The number of hydrogen-bond donors (Lipinski definition) is 0. The Labute approximate surface area is 206 Å². The molecule has 5 aromatic rings. The maximum atomic E-state index is 6.17. The summed E-state index contributed by atoms with van der Waals surface area (Å²) in [5.74, 6) is 0. The van der Waals surface area contributed by atoms with Gasteiger partial charge in [-0.25, -0.2) is 0 Å². The van der Waals surface area contributed by atoms with Crippen LogP contribution in [0.25, 0.3) is 22.9 Å². The van der Waals surface area contributed by atoms with Crippen LogP contribution in [-0.4, -0.2) is 0 Å². The Morgan fingerprint density at radius 2 is 1.24 bits per heavy atom. The zero-order valence-electron chi connectivity index (χ0n) is 19.4. The number of halogens is 1. The fourth-order valence-corrected chi connectivity index (χ4v) is 4.34. The first-order valence-electron chi connectivity index (χ1n) is 11.5. The van der Waals surface area contributed by atoms with E-state index < -0.39 is 0 Å². The molecule has 0 bridgehead atoms. The molecule has 0 atom stereocenters. The lowest BCUT2D eigenvalue weighted by atomic mass is 10.0. The summed E-state index contributed by atoms with van der Waals surface area (Å²) in [4.78, 5) is 2.26. The second-order valence-corrected chi connectivity index (χ2v) is 9.01. The lowest BCUT2D eigenvalue weighted by molar-refractivity contribution is 1.25. The molecule has 0 aromatic heterocycles. The lowest BCUT2D eigenvalue weighted by Gasteiger charge is -2.26. The Morgan fingerprint density at radius 1 is 0.588 bits per heavy atom. The average molecular weight is 460 g/mol. The molecule has 0 amide bonds. The Bertz CT molecular complexity index is 1460. The minimum atomic E-state index is 0.734. The van der Waals surface area contributed by atoms with E-state index in [9.17, 15) is 0 Å². The van der Waals surface area contributed by atoms with Crippen molar-refractivity contribution in [2.24, 2.45) is 0 Å². The predicted octanol–water partition coefficient (Wildman–Crippen LogP) is 9.75. The van der Waals surface area contributed by atoms with Crippen LogP contribution in [0.5, 0.6) is 0 Å². The third-order valence-corrected chi connectivity index (χ3v) is 6.52. The molecule has 0 radical (unpaired) electrons. The second-order valence-electron chi connectivity index (χ2n) is 8.57. The highest BCUT2D eigenvalue weighted by atomic mass is 35.5. The van der Waals surface area contributed by atoms with Crippen molar-refractivity contribution in [3.05, 3.63) is 136 Å². The molecule has 2 heteroatoms. The molecule has 0 fully saturated rings. The van der Waals surface area contributed by atoms with Crippen molar-refractivity contribution in [1.82, 2.24) is 0 Å². The Kier molecular flexibility index (Phi) is 6.20. The van der Waals surface area contributed by atoms with Crippen molar-refractivity contribution < 1.29 is 0 Å². The van der Waals surface area contributed by atoms with E-state index in [1.165, 1.54) is 27.5 Å². The van der Waals surface area contributed by atoms with Crippen LogP contribution in [0, 0.1) is 13.8 Å². The molecule has 0 N–H and O–H groups in total. The fraction of sp³-hybridized carbons (Fsp3) is 0.0625. The van der Waals surface area contributed by atoms with Crippen molar-refractivity contribution in [3.8, 4) is 0 Å². The molecule has 0 saturated heterocycles. The van der Waals surface area contributed by atoms with E-state index in [1.54, 1.807) is 0 Å². The largest absolute Gasteiger partial charge is 0.310 e. The van der Waals surface area contributed by atoms with Gasteiger partial charge in [-0.05, 0) is 95.4 Å². The topological polar surface area (TPSA) is 3.24 Å². The van der Waals surface area contributed by atoms with E-state index in [2.05, 4.69) is 128 Å². The summed E-state index contributed by atoms with van der Waals surface area (Å²) >= 11 is 6.17. The molecular formula is C32H26ClN. The monoisotopic (exact) mass is 459 g/mol. The predicted molar refractivity (Wildman–Crippen MR) is 148 cm³/mol. The molecule has 0 heterocycles. The van der Waals surface area contributed by atoms with Gasteiger partial charge in [-0.2, -0.15) is 0 Å². The maximum Gasteiger partial charge on any atom is 0.0464 e. The first-order chi connectivity index (χ1) is 16.6. The molecule has 0 saturated carbocycles. The van der Waals surface area contributed by atoms with Crippen molar-refractivity contribution in [3.63, 3.8) is 0 Å². The van der Waals surface area contributed by atoms with Gasteiger partial charge in [-0.15, -0.1) is 0 Å². The van der Waals surface area contributed by atoms with Gasteiger partial charge in [0.05, 0.1) is 0 Å². The number of fused-ring (bicyclic) bond motifs is 1. The van der Waals surface area contributed by atoms with Crippen LogP contribution in [0.4, 0.5) is 17.1 Å². The highest BCUT2D eigenvalue weighted by Gasteiger charge is 2.13. The molecule has 0 aliphatic carbocycles. The van der Waals surface area contributed by atoms with Crippen molar-refractivity contribution in [1.29, 1.82) is 0 Å². The van der Waals surface area contributed by atoms with Crippen LogP contribution in [0.3, 0.4) is 0 Å². The number of hydrogen-bond acceptors (Lipinski definition) is 1. The Hall–Kier alpha value is -3.81. The standard InChI is InChI=1S/C32H26ClN/c1-23-10-17-31(22-24(23)2)34(30-20-15-28(33)16-21-30)29-18-12-25(13-19-29)11-14-27-8-5-7-26-6-3-4-9-32(26)27/h3-22H,1-2H3. The molecule has 0 spiro atoms. The van der Waals surface area contributed by atoms with Gasteiger partial charge in [-0.1, -0.05) is 84.4 Å². The molecule has 5 aromatic carbocycles. The molecule has 0 aliphatic rings. The highest BCUT2D eigenvalue weighted by Crippen LogP contribution is 2.36. The average Bonchev–Trinajstić information content (AvgIpc) is 2.87. The number of anilines is 3. The maximum absolute atomic E-state index is 6.17. The van der Waals surface area contributed by atoms with E-state index in [4.69, 9.17) is 11.6 Å². The molecule has 1 nitrogen and oxygen atoms in total. The summed E-state index contributed by atoms with van der Waals surface area (Å²) in [5.41, 5.74) is 8.25. The van der Waals surface area contributed by atoms with Crippen LogP contribution in [0.2, 0.25) is 5.02 Å². The van der Waals surface area contributed by atoms with Crippen molar-refractivity contribution in [2.75, 3.05) is 4.90 Å². The second kappa shape index (κ2) is 9.59. The van der Waals surface area contributed by atoms with E-state index >= 15 is 0 Å². The molecule has 34 heavy (non-hydrogen) atoms. The molecule has 5 rings (SSSR count). The van der Waals surface area contributed by atoms with Gasteiger partial charge in [0.15, 0.2) is 0 Å². The number of aryl methyl sites for hydroxylation is 2. The van der Waals surface area contributed by atoms with Crippen LogP contribution in [0.1, 0.15) is 22.3 Å². The summed E-state index contributed by atoms with van der Waals surface area (Å²) < 4.78 is 0. The molecule has 0 unspecified atom stereocenters. The number of rotatable bonds is 5. The van der Waals surface area contributed by atoms with E-state index in [0.29, 0.717) is 0 Å². The summed E-state index contributed by atoms with van der Waals surface area (Å²) in [5, 5.41) is 3.26. The van der Waals surface area contributed by atoms with Gasteiger partial charge in [0.25, 0.3) is 0 Å². The van der Waals surface area contributed by atoms with Crippen LogP contribution >= 0.6 is 11.6 Å². The Balaban J connectivity index is 1.49. The minimum Gasteiger partial charge on any atom is -0.310 e. The van der Waals surface area contributed by atoms with Crippen LogP contribution in [0.15, 0.2) is 109 Å². The number of nitrogens with zero attached hydrogens (tertiary/aromatic N) is 1. The zero-order valence-corrected chi connectivity index (χ0v) is 20.1. The van der Waals surface area contributed by atoms with Crippen molar-refractivity contribution >= 4 is 51.6 Å². The van der Waals surface area contributed by atoms with Crippen LogP contribution < -0.4 is 4.90 Å². The van der Waals surface area contributed by atoms with Gasteiger partial charge in [0.1, 0.15) is 0 Å². The van der Waals surface area contributed by atoms with Gasteiger partial charge in [-0.3, -0.25) is 0 Å². The summed E-state index contributed by atoms with van der Waals surface area (Å²) in [6.07, 6.45) is 4.37. The highest BCUT2D eigenvalue weighted by molar-refractivity contribution is 6.30. The molecule has 166 valence electrons. The normalized spacial score (nSPS) is 11.3. The summed E-state index contributed by atoms with van der Waals surface area (Å²) in [6, 6.07) is 38.2. The van der Waals surface area contributed by atoms with E-state index in [0.717, 1.165) is 27.6 Å². The van der Waals surface area contributed by atoms with Crippen LogP contribution in [-0.2, 0) is 0 Å². The third-order valence-electron chi connectivity index (χ3n) is 6.26. The SMILES string of the molecule is Cc1ccc(N(c2ccc(Cl)cc2)c2ccc(C=Cc3cccc4ccccc34)cc2)cc1C. The quantitative estimate of drug-likeness (QED) is 0.236. The molecular weight excluding hydrogens is 434 g/mol.